The number of benzene rings is 1. The van der Waals surface area contributed by atoms with Gasteiger partial charge in [-0.15, -0.1) is 0 Å². The highest BCUT2D eigenvalue weighted by atomic mass is 35.5. The molecule has 5 nitrogen and oxygen atoms in total. The van der Waals surface area contributed by atoms with E-state index in [1.165, 1.54) is 18.5 Å². The first-order valence-corrected chi connectivity index (χ1v) is 9.19. The summed E-state index contributed by atoms with van der Waals surface area (Å²) in [6.07, 6.45) is 2.65. The van der Waals surface area contributed by atoms with E-state index >= 15 is 0 Å². The summed E-state index contributed by atoms with van der Waals surface area (Å²) in [4.78, 5) is 11.6. The number of nitrogens with zero attached hydrogens (tertiary/aromatic N) is 4. The summed E-state index contributed by atoms with van der Waals surface area (Å²) < 4.78 is 0. The van der Waals surface area contributed by atoms with Crippen molar-refractivity contribution < 1.29 is 0 Å². The molecule has 3 rings (SSSR count). The third kappa shape index (κ3) is 4.33. The van der Waals surface area contributed by atoms with Crippen molar-refractivity contribution in [1.29, 1.82) is 0 Å². The van der Waals surface area contributed by atoms with Crippen LogP contribution in [0, 0.1) is 0 Å². The summed E-state index contributed by atoms with van der Waals surface area (Å²) in [6.45, 7) is 6.73. The molecule has 1 saturated heterocycles. The van der Waals surface area contributed by atoms with Crippen molar-refractivity contribution in [3.63, 3.8) is 0 Å². The molecule has 0 aromatic heterocycles. The van der Waals surface area contributed by atoms with E-state index in [4.69, 9.17) is 17.3 Å². The van der Waals surface area contributed by atoms with Crippen LogP contribution in [0.2, 0.25) is 5.02 Å². The number of hydrogen-bond donors (Lipinski definition) is 1. The van der Waals surface area contributed by atoms with Crippen LogP contribution in [0.15, 0.2) is 29.3 Å². The SMILES string of the molecule is CC(CN=C(N)N1CCN(c2ccc(Cl)cc2)CC1)N(C)C1CC1. The standard InChI is InChI=1S/C18H28ClN5/c1-14(22(2)16-7-8-16)13-21-18(20)24-11-9-23(10-12-24)17-5-3-15(19)4-6-17/h3-6,14,16H,7-13H2,1-2H3,(H2,20,21). The molecule has 1 aliphatic carbocycles. The second kappa shape index (κ2) is 7.62. The van der Waals surface area contributed by atoms with Crippen LogP contribution in [-0.4, -0.2) is 67.6 Å². The minimum Gasteiger partial charge on any atom is -0.370 e. The molecule has 2 aliphatic rings. The first-order valence-electron chi connectivity index (χ1n) is 8.82. The second-order valence-electron chi connectivity index (χ2n) is 6.90. The molecule has 0 spiro atoms. The largest absolute Gasteiger partial charge is 0.370 e. The smallest absolute Gasteiger partial charge is 0.191 e. The summed E-state index contributed by atoms with van der Waals surface area (Å²) >= 11 is 5.96. The topological polar surface area (TPSA) is 48.1 Å². The third-order valence-electron chi connectivity index (χ3n) is 5.13. The summed E-state index contributed by atoms with van der Waals surface area (Å²) in [5.41, 5.74) is 7.43. The van der Waals surface area contributed by atoms with Crippen LogP contribution in [0.1, 0.15) is 19.8 Å². The lowest BCUT2D eigenvalue weighted by atomic mass is 10.2. The quantitative estimate of drug-likeness (QED) is 0.654. The van der Waals surface area contributed by atoms with Gasteiger partial charge in [-0.05, 0) is 51.1 Å². The summed E-state index contributed by atoms with van der Waals surface area (Å²) in [7, 11) is 2.19. The monoisotopic (exact) mass is 349 g/mol. The van der Waals surface area contributed by atoms with Crippen molar-refractivity contribution >= 4 is 23.2 Å². The van der Waals surface area contributed by atoms with Crippen molar-refractivity contribution in [3.05, 3.63) is 29.3 Å². The highest BCUT2D eigenvalue weighted by Gasteiger charge is 2.29. The van der Waals surface area contributed by atoms with Crippen LogP contribution in [0.25, 0.3) is 0 Å². The Labute approximate surface area is 150 Å². The van der Waals surface area contributed by atoms with Gasteiger partial charge in [0.15, 0.2) is 5.96 Å². The Morgan fingerprint density at radius 3 is 2.46 bits per heavy atom. The van der Waals surface area contributed by atoms with Gasteiger partial charge in [-0.3, -0.25) is 9.89 Å². The lowest BCUT2D eigenvalue weighted by molar-refractivity contribution is 0.252. The minimum absolute atomic E-state index is 0.450. The van der Waals surface area contributed by atoms with E-state index in [2.05, 4.69) is 45.8 Å². The Balaban J connectivity index is 1.48. The van der Waals surface area contributed by atoms with E-state index in [0.29, 0.717) is 12.0 Å². The Kier molecular flexibility index (Phi) is 5.51. The predicted octanol–water partition coefficient (Wildman–Crippen LogP) is 2.26. The van der Waals surface area contributed by atoms with Crippen molar-refractivity contribution in [1.82, 2.24) is 9.80 Å². The Morgan fingerprint density at radius 2 is 1.88 bits per heavy atom. The Hall–Kier alpha value is -1.46. The maximum Gasteiger partial charge on any atom is 0.191 e. The number of anilines is 1. The normalized spacial score (nSPS) is 20.6. The fraction of sp³-hybridized carbons (Fsp3) is 0.611. The van der Waals surface area contributed by atoms with Crippen molar-refractivity contribution in [2.45, 2.75) is 31.8 Å². The molecule has 0 radical (unpaired) electrons. The lowest BCUT2D eigenvalue weighted by Crippen LogP contribution is -2.51. The maximum atomic E-state index is 6.21. The number of guanidine groups is 1. The van der Waals surface area contributed by atoms with Crippen LogP contribution in [-0.2, 0) is 0 Å². The fourth-order valence-corrected chi connectivity index (χ4v) is 3.27. The number of likely N-dealkylation sites (N-methyl/N-ethyl adjacent to an activating group) is 1. The van der Waals surface area contributed by atoms with Gasteiger partial charge in [-0.1, -0.05) is 11.6 Å². The summed E-state index contributed by atoms with van der Waals surface area (Å²) in [5.74, 6) is 0.682. The molecule has 1 atom stereocenters. The van der Waals surface area contributed by atoms with Crippen molar-refractivity contribution in [3.8, 4) is 0 Å². The van der Waals surface area contributed by atoms with Crippen molar-refractivity contribution in [2.75, 3.05) is 44.7 Å². The molecular weight excluding hydrogens is 322 g/mol. The molecule has 1 heterocycles. The van der Waals surface area contributed by atoms with Gasteiger partial charge in [-0.25, -0.2) is 0 Å². The zero-order chi connectivity index (χ0) is 17.1. The minimum atomic E-state index is 0.450. The average Bonchev–Trinajstić information content (AvgIpc) is 3.44. The fourth-order valence-electron chi connectivity index (χ4n) is 3.14. The van der Waals surface area contributed by atoms with Gasteiger partial charge in [0, 0.05) is 49.0 Å². The molecular formula is C18H28ClN5. The molecule has 0 amide bonds. The average molecular weight is 350 g/mol. The molecule has 1 aliphatic heterocycles. The molecule has 2 N–H and O–H groups in total. The first kappa shape index (κ1) is 17.4. The summed E-state index contributed by atoms with van der Waals surface area (Å²) in [6, 6.07) is 9.24. The zero-order valence-corrected chi connectivity index (χ0v) is 15.4. The van der Waals surface area contributed by atoms with E-state index in [1.54, 1.807) is 0 Å². The Morgan fingerprint density at radius 1 is 1.25 bits per heavy atom. The van der Waals surface area contributed by atoms with Crippen LogP contribution in [0.5, 0.6) is 0 Å². The van der Waals surface area contributed by atoms with E-state index in [9.17, 15) is 0 Å². The molecule has 24 heavy (non-hydrogen) atoms. The van der Waals surface area contributed by atoms with E-state index < -0.39 is 0 Å². The van der Waals surface area contributed by atoms with E-state index in [-0.39, 0.29) is 0 Å². The highest BCUT2D eigenvalue weighted by Crippen LogP contribution is 2.27. The number of halogens is 1. The van der Waals surface area contributed by atoms with Crippen LogP contribution in [0.3, 0.4) is 0 Å². The van der Waals surface area contributed by atoms with E-state index in [0.717, 1.165) is 43.8 Å². The van der Waals surface area contributed by atoms with Crippen LogP contribution < -0.4 is 10.6 Å². The highest BCUT2D eigenvalue weighted by molar-refractivity contribution is 6.30. The van der Waals surface area contributed by atoms with Gasteiger partial charge in [0.05, 0.1) is 6.54 Å². The van der Waals surface area contributed by atoms with E-state index in [1.807, 2.05) is 12.1 Å². The molecule has 6 heteroatoms. The molecule has 132 valence electrons. The number of hydrogen-bond acceptors (Lipinski definition) is 3. The molecule has 1 saturated carbocycles. The van der Waals surface area contributed by atoms with Gasteiger partial charge in [0.2, 0.25) is 0 Å². The number of aliphatic imine (C=N–C) groups is 1. The molecule has 1 unspecified atom stereocenters. The predicted molar refractivity (Wildman–Crippen MR) is 102 cm³/mol. The number of rotatable bonds is 5. The maximum absolute atomic E-state index is 6.21. The van der Waals surface area contributed by atoms with Gasteiger partial charge in [-0.2, -0.15) is 0 Å². The first-order chi connectivity index (χ1) is 11.5. The Bertz CT molecular complexity index is 561. The van der Waals surface area contributed by atoms with Crippen LogP contribution >= 0.6 is 11.6 Å². The number of piperazine rings is 1. The molecule has 1 aromatic carbocycles. The van der Waals surface area contributed by atoms with Crippen molar-refractivity contribution in [2.24, 2.45) is 10.7 Å². The van der Waals surface area contributed by atoms with Crippen LogP contribution in [0.4, 0.5) is 5.69 Å². The summed E-state index contributed by atoms with van der Waals surface area (Å²) in [5, 5.41) is 0.777. The second-order valence-corrected chi connectivity index (χ2v) is 7.33. The van der Waals surface area contributed by atoms with Gasteiger partial charge < -0.3 is 15.5 Å². The van der Waals surface area contributed by atoms with Gasteiger partial charge in [0.25, 0.3) is 0 Å². The molecule has 2 fully saturated rings. The van der Waals surface area contributed by atoms with Gasteiger partial charge in [0.1, 0.15) is 0 Å². The lowest BCUT2D eigenvalue weighted by Gasteiger charge is -2.36. The molecule has 0 bridgehead atoms. The number of nitrogens with two attached hydrogens (primary N) is 1. The molecule has 1 aromatic rings. The third-order valence-corrected chi connectivity index (χ3v) is 5.38. The zero-order valence-electron chi connectivity index (χ0n) is 14.7. The van der Waals surface area contributed by atoms with Gasteiger partial charge >= 0.3 is 0 Å².